The molecule has 0 spiro atoms. The fourth-order valence-corrected chi connectivity index (χ4v) is 18.8. The molecule has 10 aromatic heterocycles. The molecule has 3 saturated heterocycles. The minimum Gasteiger partial charge on any atom is -0.349 e. The van der Waals surface area contributed by atoms with Crippen molar-refractivity contribution in [2.24, 2.45) is 0 Å². The maximum absolute atomic E-state index is 15.1. The highest BCUT2D eigenvalue weighted by Crippen LogP contribution is 2.43. The van der Waals surface area contributed by atoms with Crippen LogP contribution in [0.4, 0.5) is 21.8 Å². The predicted octanol–water partition coefficient (Wildman–Crippen LogP) is 17.6. The number of amides is 4. The van der Waals surface area contributed by atoms with Crippen molar-refractivity contribution in [3.8, 4) is 50.8 Å². The van der Waals surface area contributed by atoms with Gasteiger partial charge in [0.2, 0.25) is 17.7 Å². The summed E-state index contributed by atoms with van der Waals surface area (Å²) in [5.74, 6) is 0.235. The number of rotatable bonds is 17. The summed E-state index contributed by atoms with van der Waals surface area (Å²) >= 11 is 22.4. The first-order valence-electron chi connectivity index (χ1n) is 42.8. The lowest BCUT2D eigenvalue weighted by Crippen LogP contribution is -2.58. The van der Waals surface area contributed by atoms with Crippen molar-refractivity contribution < 1.29 is 23.6 Å². The van der Waals surface area contributed by atoms with E-state index >= 15 is 4.39 Å². The van der Waals surface area contributed by atoms with E-state index in [-0.39, 0.29) is 111 Å². The number of nitrogens with zero attached hydrogens (tertiary/aromatic N) is 19. The zero-order valence-electron chi connectivity index (χ0n) is 75.6. The van der Waals surface area contributed by atoms with E-state index in [1.54, 1.807) is 92.0 Å². The first kappa shape index (κ1) is 93.4. The summed E-state index contributed by atoms with van der Waals surface area (Å²) in [6, 6.07) is 26.2. The van der Waals surface area contributed by atoms with Crippen LogP contribution in [0.5, 0.6) is 0 Å². The topological polar surface area (TPSA) is 273 Å². The Morgan fingerprint density at radius 3 is 1.16 bits per heavy atom. The molecule has 6 unspecified atom stereocenters. The van der Waals surface area contributed by atoms with Crippen LogP contribution in [0, 0.1) is 26.6 Å². The predicted molar refractivity (Wildman–Crippen MR) is 511 cm³/mol. The second-order valence-corrected chi connectivity index (χ2v) is 36.8. The number of aromatic nitrogens is 12. The maximum Gasteiger partial charge on any atom is 0.355 e. The Balaban J connectivity index is 0.000000164. The first-order chi connectivity index (χ1) is 60.8. The van der Waals surface area contributed by atoms with Crippen LogP contribution in [-0.2, 0) is 14.4 Å². The van der Waals surface area contributed by atoms with E-state index in [0.29, 0.717) is 123 Å². The van der Waals surface area contributed by atoms with Crippen LogP contribution >= 0.6 is 46.1 Å². The Morgan fingerprint density at radius 1 is 0.445 bits per heavy atom. The maximum atomic E-state index is 15.1. The molecule has 31 heteroatoms. The number of hydrogen-bond acceptors (Lipinski definition) is 20. The van der Waals surface area contributed by atoms with Crippen molar-refractivity contribution in [3.05, 3.63) is 249 Å². The first-order valence-corrected chi connectivity index (χ1v) is 44.8. The van der Waals surface area contributed by atoms with Crippen LogP contribution in [-0.4, -0.2) is 191 Å². The van der Waals surface area contributed by atoms with E-state index in [1.165, 1.54) is 40.0 Å². The molecule has 6 atom stereocenters. The van der Waals surface area contributed by atoms with E-state index in [1.807, 2.05) is 135 Å². The molecular formula is C97H107Cl3FN19O7S. The average molecular weight is 1810 g/mol. The van der Waals surface area contributed by atoms with Gasteiger partial charge in [-0.3, -0.25) is 29.1 Å². The zero-order valence-corrected chi connectivity index (χ0v) is 78.7. The van der Waals surface area contributed by atoms with Gasteiger partial charge in [-0.2, -0.15) is 15.0 Å². The molecule has 3 fully saturated rings. The van der Waals surface area contributed by atoms with Crippen LogP contribution in [0.15, 0.2) is 167 Å². The summed E-state index contributed by atoms with van der Waals surface area (Å²) in [5, 5.41) is 4.87. The molecule has 26 nitrogen and oxygen atoms in total. The summed E-state index contributed by atoms with van der Waals surface area (Å²) in [4.78, 5) is 150. The van der Waals surface area contributed by atoms with Crippen LogP contribution in [0.2, 0.25) is 15.1 Å². The van der Waals surface area contributed by atoms with Gasteiger partial charge in [-0.25, -0.2) is 52.4 Å². The molecule has 12 aromatic rings. The van der Waals surface area contributed by atoms with Crippen molar-refractivity contribution in [1.82, 2.24) is 78.2 Å². The molecule has 15 rings (SSSR count). The lowest BCUT2D eigenvalue weighted by atomic mass is 9.95. The van der Waals surface area contributed by atoms with Crippen LogP contribution in [0.1, 0.15) is 170 Å². The largest absolute Gasteiger partial charge is 0.355 e. The van der Waals surface area contributed by atoms with E-state index < -0.39 is 28.8 Å². The number of benzene rings is 2. The van der Waals surface area contributed by atoms with Crippen molar-refractivity contribution in [1.29, 1.82) is 0 Å². The number of fused-ring (bicyclic) bond motifs is 3. The number of thiophene rings is 1. The summed E-state index contributed by atoms with van der Waals surface area (Å²) in [6.45, 7) is 47.8. The van der Waals surface area contributed by atoms with E-state index in [9.17, 15) is 33.6 Å². The Hall–Kier alpha value is -12.2. The average Bonchev–Trinajstić information content (AvgIpc) is 0.898. The van der Waals surface area contributed by atoms with E-state index in [2.05, 4.69) is 102 Å². The fraction of sp³-hybridized carbons (Fsp3) is 0.361. The smallest absolute Gasteiger partial charge is 0.349 e. The number of anilines is 3. The number of aryl methyl sites for hydroxylation is 3. The van der Waals surface area contributed by atoms with Crippen molar-refractivity contribution in [3.63, 3.8) is 0 Å². The van der Waals surface area contributed by atoms with Gasteiger partial charge in [-0.15, -0.1) is 11.3 Å². The number of halogens is 4. The lowest BCUT2D eigenvalue weighted by Gasteiger charge is -2.44. The zero-order chi connectivity index (χ0) is 92.8. The molecule has 0 aliphatic carbocycles. The van der Waals surface area contributed by atoms with E-state index in [0.717, 1.165) is 44.1 Å². The fourth-order valence-electron chi connectivity index (χ4n) is 17.3. The van der Waals surface area contributed by atoms with Crippen molar-refractivity contribution >= 4 is 120 Å². The Kier molecular flexibility index (Phi) is 28.0. The number of hydrogen-bond donors (Lipinski definition) is 0. The Bertz CT molecular complexity index is 6600. The third kappa shape index (κ3) is 18.0. The number of carbonyl (C=O) groups is 4. The monoisotopic (exact) mass is 1810 g/mol. The quantitative estimate of drug-likeness (QED) is 0.0766. The summed E-state index contributed by atoms with van der Waals surface area (Å²) in [6.07, 6.45) is 9.04. The molecule has 0 saturated carbocycles. The van der Waals surface area contributed by atoms with Gasteiger partial charge in [0.15, 0.2) is 22.6 Å². The molecule has 3 aliphatic heterocycles. The van der Waals surface area contributed by atoms with Crippen molar-refractivity contribution in [2.45, 2.75) is 178 Å². The number of carbonyl (C=O) groups excluding carboxylic acids is 4. The highest BCUT2D eigenvalue weighted by atomic mass is 35.5. The summed E-state index contributed by atoms with van der Waals surface area (Å²) < 4.78 is 19.6. The lowest BCUT2D eigenvalue weighted by molar-refractivity contribution is -0.129. The summed E-state index contributed by atoms with van der Waals surface area (Å²) in [5.41, 5.74) is 9.73. The Morgan fingerprint density at radius 2 is 0.805 bits per heavy atom. The van der Waals surface area contributed by atoms with Gasteiger partial charge in [-0.1, -0.05) is 146 Å². The number of pyridine rings is 6. The van der Waals surface area contributed by atoms with Gasteiger partial charge in [0.25, 0.3) is 5.91 Å². The molecular weight excluding hydrogens is 1700 g/mol. The summed E-state index contributed by atoms with van der Waals surface area (Å²) in [7, 11) is 3.21. The second-order valence-electron chi connectivity index (χ2n) is 34.5. The SMILES string of the molecule is C=CC(=O)N1CC(C)N(c2nc(=O)n(-c3c(C(C)C)ccnc3C(=O)N(C)C)c3nc(-c4ccccc4F)c(Cl)cc23)CC1C.C=CC(=O)N1CC(C)N(c2nc(=O)n(-c3c(C)ccnc3C(C)C)c3nc(-c4ccccc4C(C)C)c(Cl)cc23)CC1C.C=CC(=O)N1CC(C)N(c2nc(=O)n(-c3c(C)ccnc3C(C)C)c3nc(-c4ccsc4C)c(Cl)cc23)CC1C. The minimum absolute atomic E-state index is 0.0480. The molecule has 13 heterocycles. The molecule has 0 N–H and O–H groups in total. The van der Waals surface area contributed by atoms with Crippen LogP contribution in [0.25, 0.3) is 83.9 Å². The molecule has 2 aromatic carbocycles. The van der Waals surface area contributed by atoms with Gasteiger partial charge in [0.1, 0.15) is 23.3 Å². The van der Waals surface area contributed by atoms with Crippen LogP contribution < -0.4 is 31.8 Å². The molecule has 4 amide bonds. The normalized spacial score (nSPS) is 17.2. The van der Waals surface area contributed by atoms with Gasteiger partial charge in [0, 0.05) is 130 Å². The number of piperazine rings is 3. The van der Waals surface area contributed by atoms with Gasteiger partial charge >= 0.3 is 17.1 Å². The van der Waals surface area contributed by atoms with Gasteiger partial charge < -0.3 is 34.3 Å². The highest BCUT2D eigenvalue weighted by Gasteiger charge is 2.40. The molecule has 0 bridgehead atoms. The third-order valence-electron chi connectivity index (χ3n) is 23.9. The molecule has 3 aliphatic rings. The molecule has 128 heavy (non-hydrogen) atoms. The Labute approximate surface area is 763 Å². The highest BCUT2D eigenvalue weighted by molar-refractivity contribution is 7.10. The minimum atomic E-state index is -0.695. The third-order valence-corrected chi connectivity index (χ3v) is 25.6. The molecule has 0 radical (unpaired) electrons. The van der Waals surface area contributed by atoms with Gasteiger partial charge in [0.05, 0.1) is 76.8 Å². The van der Waals surface area contributed by atoms with E-state index in [4.69, 9.17) is 54.7 Å². The second kappa shape index (κ2) is 38.4. The van der Waals surface area contributed by atoms with Crippen molar-refractivity contribution in [2.75, 3.05) is 68.1 Å². The standard InChI is InChI=1S/C34H39ClN6O2.C33H35ClFN7O3.C30H33ClN6O2S/c1-9-28(42)39-17-23(8)40(18-22(39)7)32-26-16-27(35)30(25-13-11-10-12-24(25)19(2)3)37-33(26)41(34(43)38-32)31-21(6)14-15-36-29(31)20(4)5;1-8-26(43)40-16-20(5)41(17-19(40)4)30-23-15-24(34)27(22-11-9-10-12-25(22)35)37-31(23)42(33(45)38-30)29-21(18(2)3)13-14-36-28(29)32(44)39(6)7;1-8-24(38)35-14-19(6)36(15-18(35)5)28-22-13-23(31)26(21-10-12-40-20(21)7)33-29(22)37(30(39)34-28)27-17(4)9-11-32-25(27)16(2)3/h9-16,19-20,22-23H,1,17-18H2,2-8H3;8-15,18-20H,1,16-17H2,2-7H3;8-13,16,18-19H,1,14-15H2,2-7H3. The van der Waals surface area contributed by atoms with Gasteiger partial charge in [-0.05, 0) is 186 Å². The van der Waals surface area contributed by atoms with Crippen LogP contribution in [0.3, 0.4) is 0 Å². The molecule has 666 valence electrons.